The summed E-state index contributed by atoms with van der Waals surface area (Å²) < 4.78 is 5.42. The lowest BCUT2D eigenvalue weighted by Gasteiger charge is -2.31. The number of nitrogens with two attached hydrogens (primary N) is 1. The van der Waals surface area contributed by atoms with E-state index in [9.17, 15) is 24.0 Å². The van der Waals surface area contributed by atoms with Gasteiger partial charge in [-0.25, -0.2) is 9.59 Å². The van der Waals surface area contributed by atoms with Gasteiger partial charge in [0.15, 0.2) is 5.78 Å². The van der Waals surface area contributed by atoms with Gasteiger partial charge in [-0.2, -0.15) is 0 Å². The van der Waals surface area contributed by atoms with E-state index < -0.39 is 30.1 Å². The van der Waals surface area contributed by atoms with Gasteiger partial charge in [0.1, 0.15) is 12.6 Å². The number of primary amides is 1. The van der Waals surface area contributed by atoms with Crippen molar-refractivity contribution in [3.8, 4) is 0 Å². The zero-order chi connectivity index (χ0) is 29.0. The fourth-order valence-electron chi connectivity index (χ4n) is 3.96. The van der Waals surface area contributed by atoms with Gasteiger partial charge in [0.2, 0.25) is 11.8 Å². The molecule has 0 bridgehead atoms. The van der Waals surface area contributed by atoms with Crippen LogP contribution in [0.2, 0.25) is 0 Å². The van der Waals surface area contributed by atoms with Crippen LogP contribution in [0.3, 0.4) is 0 Å². The van der Waals surface area contributed by atoms with Crippen molar-refractivity contribution in [1.82, 2.24) is 15.5 Å². The number of carbonyl (C=O) groups excluding carboxylic acids is 5. The number of urea groups is 1. The van der Waals surface area contributed by atoms with E-state index in [1.54, 1.807) is 31.2 Å². The molecule has 1 aromatic rings. The number of anilines is 1. The summed E-state index contributed by atoms with van der Waals surface area (Å²) in [6.07, 6.45) is 0.556. The Hall–Kier alpha value is -3.63. The molecule has 0 aliphatic heterocycles. The number of ether oxygens (including phenoxy) is 1. The van der Waals surface area contributed by atoms with Crippen LogP contribution in [0.4, 0.5) is 15.3 Å². The van der Waals surface area contributed by atoms with Crippen LogP contribution in [0.15, 0.2) is 24.3 Å². The maximum absolute atomic E-state index is 12.9. The van der Waals surface area contributed by atoms with Crippen molar-refractivity contribution in [3.05, 3.63) is 29.8 Å². The first-order valence-corrected chi connectivity index (χ1v) is 12.9. The molecular weight excluding hydrogens is 490 g/mol. The zero-order valence-corrected chi connectivity index (χ0v) is 23.5. The van der Waals surface area contributed by atoms with Crippen molar-refractivity contribution in [2.45, 2.75) is 73.1 Å². The number of benzene rings is 1. The highest BCUT2D eigenvalue weighted by Gasteiger charge is 2.33. The van der Waals surface area contributed by atoms with Crippen LogP contribution >= 0.6 is 0 Å². The number of likely N-dealkylation sites (N-methyl/N-ethyl adjacent to an activating group) is 1. The molecule has 0 saturated carbocycles. The van der Waals surface area contributed by atoms with E-state index in [4.69, 9.17) is 10.5 Å². The highest BCUT2D eigenvalue weighted by atomic mass is 16.6. The van der Waals surface area contributed by atoms with E-state index in [1.807, 2.05) is 27.7 Å². The minimum atomic E-state index is -0.811. The molecule has 11 heteroatoms. The van der Waals surface area contributed by atoms with Crippen LogP contribution in [-0.4, -0.2) is 60.3 Å². The van der Waals surface area contributed by atoms with E-state index in [2.05, 4.69) is 16.0 Å². The monoisotopic (exact) mass is 533 g/mol. The predicted molar refractivity (Wildman–Crippen MR) is 145 cm³/mol. The number of hydrogen-bond donors (Lipinski definition) is 4. The largest absolute Gasteiger partial charge is 0.445 e. The molecule has 0 spiro atoms. The molecule has 5 amide bonds. The molecule has 1 unspecified atom stereocenters. The van der Waals surface area contributed by atoms with Gasteiger partial charge in [-0.05, 0) is 49.3 Å². The summed E-state index contributed by atoms with van der Waals surface area (Å²) in [7, 11) is 1.49. The van der Waals surface area contributed by atoms with Gasteiger partial charge in [-0.1, -0.05) is 46.8 Å². The van der Waals surface area contributed by atoms with Crippen molar-refractivity contribution < 1.29 is 28.7 Å². The van der Waals surface area contributed by atoms with Gasteiger partial charge in [-0.15, -0.1) is 0 Å². The minimum absolute atomic E-state index is 0.0187. The molecule has 0 heterocycles. The second-order valence-electron chi connectivity index (χ2n) is 10.2. The van der Waals surface area contributed by atoms with Crippen LogP contribution in [0.5, 0.6) is 0 Å². The van der Waals surface area contributed by atoms with Crippen LogP contribution < -0.4 is 21.7 Å². The third-order valence-electron chi connectivity index (χ3n) is 6.15. The molecule has 1 aromatic carbocycles. The Morgan fingerprint density at radius 2 is 1.55 bits per heavy atom. The van der Waals surface area contributed by atoms with Crippen LogP contribution in [-0.2, 0) is 25.7 Å². The summed E-state index contributed by atoms with van der Waals surface area (Å²) in [5.74, 6) is -1.25. The molecule has 212 valence electrons. The number of Topliss-reactive ketones (excluding diaryl/α,β-unsaturated/α-hetero) is 1. The lowest BCUT2D eigenvalue weighted by Crippen LogP contribution is -2.55. The van der Waals surface area contributed by atoms with Crippen molar-refractivity contribution in [1.29, 1.82) is 0 Å². The third-order valence-corrected chi connectivity index (χ3v) is 6.15. The fourth-order valence-corrected chi connectivity index (χ4v) is 3.96. The van der Waals surface area contributed by atoms with Crippen molar-refractivity contribution in [3.63, 3.8) is 0 Å². The van der Waals surface area contributed by atoms with Crippen LogP contribution in [0, 0.1) is 17.8 Å². The highest BCUT2D eigenvalue weighted by molar-refractivity contribution is 5.92. The molecule has 0 aromatic heterocycles. The maximum atomic E-state index is 12.9. The number of amides is 5. The number of rotatable bonds is 14. The van der Waals surface area contributed by atoms with Gasteiger partial charge < -0.3 is 26.4 Å². The molecule has 3 atom stereocenters. The number of nitrogens with zero attached hydrogens (tertiary/aromatic N) is 1. The van der Waals surface area contributed by atoms with E-state index in [0.29, 0.717) is 30.6 Å². The molecule has 5 N–H and O–H groups in total. The number of carbonyl (C=O) groups is 5. The fraction of sp³-hybridized carbons (Fsp3) is 0.593. The molecule has 38 heavy (non-hydrogen) atoms. The van der Waals surface area contributed by atoms with E-state index in [0.717, 1.165) is 0 Å². The zero-order valence-electron chi connectivity index (χ0n) is 23.5. The summed E-state index contributed by atoms with van der Waals surface area (Å²) in [4.78, 5) is 61.9. The SMILES string of the molecule is CC(=O)C(NC(=O)[C@H](C(C)C)N(C)C(=O)OCc1ccc(NC(=O)[C@@H](C)CCCNC(N)=O)cc1)C(C)C. The second-order valence-corrected chi connectivity index (χ2v) is 10.2. The topological polar surface area (TPSA) is 160 Å². The first kappa shape index (κ1) is 32.4. The summed E-state index contributed by atoms with van der Waals surface area (Å²) in [6, 6.07) is 4.86. The molecule has 1 rings (SSSR count). The van der Waals surface area contributed by atoms with Gasteiger partial charge in [0, 0.05) is 25.2 Å². The van der Waals surface area contributed by atoms with Gasteiger partial charge in [0.25, 0.3) is 0 Å². The summed E-state index contributed by atoms with van der Waals surface area (Å²) >= 11 is 0. The number of hydrogen-bond acceptors (Lipinski definition) is 6. The molecule has 0 aliphatic carbocycles. The van der Waals surface area contributed by atoms with E-state index >= 15 is 0 Å². The quantitative estimate of drug-likeness (QED) is 0.269. The van der Waals surface area contributed by atoms with Gasteiger partial charge in [-0.3, -0.25) is 19.3 Å². The standard InChI is InChI=1S/C27H43N5O6/c1-16(2)22(19(6)33)31-25(35)23(17(3)4)32(7)27(37)38-15-20-10-12-21(13-11-20)30-24(34)18(5)9-8-14-29-26(28)36/h10-13,16-18,22-23H,8-9,14-15H2,1-7H3,(H,30,34)(H,31,35)(H3,28,29,36)/t18-,22?,23-/m0/s1. The average molecular weight is 534 g/mol. The van der Waals surface area contributed by atoms with Gasteiger partial charge in [0.05, 0.1) is 6.04 Å². The smallest absolute Gasteiger partial charge is 0.410 e. The van der Waals surface area contributed by atoms with Crippen molar-refractivity contribution in [2.75, 3.05) is 18.9 Å². The molecule has 0 fully saturated rings. The first-order chi connectivity index (χ1) is 17.7. The van der Waals surface area contributed by atoms with E-state index in [1.165, 1.54) is 18.9 Å². The molecule has 0 radical (unpaired) electrons. The Bertz CT molecular complexity index is 963. The summed E-state index contributed by atoms with van der Waals surface area (Å²) in [5, 5.41) is 8.09. The number of nitrogens with one attached hydrogen (secondary N) is 3. The third kappa shape index (κ3) is 10.8. The van der Waals surface area contributed by atoms with Crippen molar-refractivity contribution >= 4 is 35.4 Å². The lowest BCUT2D eigenvalue weighted by atomic mass is 9.97. The normalized spacial score (nSPS) is 13.3. The molecule has 0 aliphatic rings. The minimum Gasteiger partial charge on any atom is -0.445 e. The van der Waals surface area contributed by atoms with E-state index in [-0.39, 0.29) is 36.1 Å². The second kappa shape index (κ2) is 15.6. The Morgan fingerprint density at radius 1 is 0.947 bits per heavy atom. The molecular formula is C27H43N5O6. The Labute approximate surface area is 225 Å². The molecule has 0 saturated heterocycles. The van der Waals surface area contributed by atoms with Crippen LogP contribution in [0.1, 0.15) is 59.9 Å². The molecule has 11 nitrogen and oxygen atoms in total. The predicted octanol–water partition coefficient (Wildman–Crippen LogP) is 3.03. The average Bonchev–Trinajstić information content (AvgIpc) is 2.83. The first-order valence-electron chi connectivity index (χ1n) is 12.9. The lowest BCUT2D eigenvalue weighted by molar-refractivity contribution is -0.131. The Morgan fingerprint density at radius 3 is 2.05 bits per heavy atom. The van der Waals surface area contributed by atoms with Crippen molar-refractivity contribution in [2.24, 2.45) is 23.5 Å². The van der Waals surface area contributed by atoms with Gasteiger partial charge >= 0.3 is 12.1 Å². The van der Waals surface area contributed by atoms with Crippen LogP contribution in [0.25, 0.3) is 0 Å². The Balaban J connectivity index is 2.65. The summed E-state index contributed by atoms with van der Waals surface area (Å²) in [6.45, 7) is 11.0. The number of ketones is 1. The Kier molecular flexibility index (Phi) is 13.3. The highest BCUT2D eigenvalue weighted by Crippen LogP contribution is 2.16. The summed E-state index contributed by atoms with van der Waals surface area (Å²) in [5.41, 5.74) is 6.33. The maximum Gasteiger partial charge on any atom is 0.410 e.